The molecule has 1 aromatic carbocycles. The quantitative estimate of drug-likeness (QED) is 0.717. The molecule has 0 heterocycles. The molecule has 0 radical (unpaired) electrons. The van der Waals surface area contributed by atoms with E-state index in [4.69, 9.17) is 5.11 Å². The monoisotopic (exact) mass is 373 g/mol. The van der Waals surface area contributed by atoms with Crippen LogP contribution in [0, 0.1) is 13.8 Å². The van der Waals surface area contributed by atoms with E-state index in [-0.39, 0.29) is 11.7 Å². The van der Waals surface area contributed by atoms with Crippen LogP contribution < -0.4 is 5.32 Å². The average Bonchev–Trinajstić information content (AvgIpc) is 2.40. The van der Waals surface area contributed by atoms with E-state index < -0.39 is 12.0 Å². The van der Waals surface area contributed by atoms with Crippen molar-refractivity contribution < 1.29 is 14.7 Å². The van der Waals surface area contributed by atoms with Crippen LogP contribution in [-0.2, 0) is 9.59 Å². The first-order valence-electron chi connectivity index (χ1n) is 6.76. The van der Waals surface area contributed by atoms with Crippen molar-refractivity contribution in [1.29, 1.82) is 0 Å². The van der Waals surface area contributed by atoms with Crippen LogP contribution in [0.15, 0.2) is 21.5 Å². The number of carbonyl (C=O) groups excluding carboxylic acids is 1. The SMILES string of the molecule is CCC[C@H](NC(=O)CSc1cc(C)c(Br)cc1C)C(=O)O. The molecule has 1 aromatic rings. The molecule has 1 amide bonds. The van der Waals surface area contributed by atoms with Crippen LogP contribution in [0.4, 0.5) is 0 Å². The standard InChI is InChI=1S/C15H20BrNO3S/c1-4-5-12(15(19)20)17-14(18)8-21-13-7-9(2)11(16)6-10(13)3/h6-7,12H,4-5,8H2,1-3H3,(H,17,18)(H,19,20)/t12-/m0/s1. The number of hydrogen-bond acceptors (Lipinski definition) is 3. The van der Waals surface area contributed by atoms with Crippen molar-refractivity contribution in [1.82, 2.24) is 5.32 Å². The average molecular weight is 374 g/mol. The lowest BCUT2D eigenvalue weighted by Gasteiger charge is -2.14. The summed E-state index contributed by atoms with van der Waals surface area (Å²) in [7, 11) is 0. The fraction of sp³-hybridized carbons (Fsp3) is 0.467. The lowest BCUT2D eigenvalue weighted by molar-refractivity contribution is -0.141. The van der Waals surface area contributed by atoms with Gasteiger partial charge in [0.15, 0.2) is 0 Å². The van der Waals surface area contributed by atoms with Crippen molar-refractivity contribution in [3.63, 3.8) is 0 Å². The third kappa shape index (κ3) is 5.71. The Morgan fingerprint density at radius 2 is 2.00 bits per heavy atom. The highest BCUT2D eigenvalue weighted by atomic mass is 79.9. The highest BCUT2D eigenvalue weighted by molar-refractivity contribution is 9.10. The van der Waals surface area contributed by atoms with E-state index in [9.17, 15) is 9.59 Å². The lowest BCUT2D eigenvalue weighted by Crippen LogP contribution is -2.41. The molecular formula is C15H20BrNO3S. The van der Waals surface area contributed by atoms with Gasteiger partial charge in [-0.2, -0.15) is 0 Å². The Hall–Kier alpha value is -1.01. The van der Waals surface area contributed by atoms with Crippen LogP contribution in [0.1, 0.15) is 30.9 Å². The molecule has 0 aliphatic carbocycles. The number of carbonyl (C=O) groups is 2. The zero-order valence-corrected chi connectivity index (χ0v) is 14.8. The zero-order valence-electron chi connectivity index (χ0n) is 12.4. The van der Waals surface area contributed by atoms with Gasteiger partial charge in [-0.1, -0.05) is 29.3 Å². The predicted octanol–water partition coefficient (Wildman–Crippen LogP) is 3.53. The third-order valence-corrected chi connectivity index (χ3v) is 5.04. The molecule has 0 bridgehead atoms. The second kappa shape index (κ2) is 8.44. The number of halogens is 1. The van der Waals surface area contributed by atoms with Gasteiger partial charge in [-0.15, -0.1) is 11.8 Å². The summed E-state index contributed by atoms with van der Waals surface area (Å²) in [5, 5.41) is 11.6. The maximum absolute atomic E-state index is 11.9. The first-order valence-corrected chi connectivity index (χ1v) is 8.54. The number of benzene rings is 1. The van der Waals surface area contributed by atoms with E-state index in [1.807, 2.05) is 32.9 Å². The molecule has 0 aliphatic heterocycles. The Kier molecular flexibility index (Phi) is 7.25. The van der Waals surface area contributed by atoms with Crippen LogP contribution in [0.2, 0.25) is 0 Å². The van der Waals surface area contributed by atoms with Gasteiger partial charge in [0.1, 0.15) is 6.04 Å². The summed E-state index contributed by atoms with van der Waals surface area (Å²) >= 11 is 4.90. The van der Waals surface area contributed by atoms with E-state index in [0.717, 1.165) is 26.9 Å². The van der Waals surface area contributed by atoms with Gasteiger partial charge < -0.3 is 10.4 Å². The summed E-state index contributed by atoms with van der Waals surface area (Å²) in [5.74, 6) is -1.01. The van der Waals surface area contributed by atoms with E-state index in [0.29, 0.717) is 6.42 Å². The summed E-state index contributed by atoms with van der Waals surface area (Å²) in [6.07, 6.45) is 1.16. The molecule has 4 nitrogen and oxygen atoms in total. The Labute approximate surface area is 137 Å². The van der Waals surface area contributed by atoms with Gasteiger partial charge in [-0.05, 0) is 43.5 Å². The number of carboxylic acid groups (broad SMARTS) is 1. The van der Waals surface area contributed by atoms with E-state index in [1.54, 1.807) is 0 Å². The highest BCUT2D eigenvalue weighted by Crippen LogP contribution is 2.28. The summed E-state index contributed by atoms with van der Waals surface area (Å²) in [6, 6.07) is 3.25. The largest absolute Gasteiger partial charge is 0.480 e. The second-order valence-corrected chi connectivity index (χ2v) is 6.77. The van der Waals surface area contributed by atoms with Gasteiger partial charge in [0.05, 0.1) is 5.75 Å². The fourth-order valence-corrected chi connectivity index (χ4v) is 3.21. The number of aryl methyl sites for hydroxylation is 2. The smallest absolute Gasteiger partial charge is 0.326 e. The molecule has 0 saturated heterocycles. The van der Waals surface area contributed by atoms with Crippen molar-refractivity contribution in [2.45, 2.75) is 44.6 Å². The molecule has 116 valence electrons. The maximum atomic E-state index is 11.9. The molecule has 0 saturated carbocycles. The minimum atomic E-state index is -0.981. The van der Waals surface area contributed by atoms with Gasteiger partial charge >= 0.3 is 5.97 Å². The number of hydrogen-bond donors (Lipinski definition) is 2. The first-order chi connectivity index (χ1) is 9.85. The van der Waals surface area contributed by atoms with Crippen molar-refractivity contribution in [3.8, 4) is 0 Å². The Bertz CT molecular complexity index is 534. The minimum absolute atomic E-state index is 0.218. The van der Waals surface area contributed by atoms with E-state index in [1.165, 1.54) is 11.8 Å². The minimum Gasteiger partial charge on any atom is -0.480 e. The number of carboxylic acids is 1. The normalized spacial score (nSPS) is 12.0. The van der Waals surface area contributed by atoms with E-state index >= 15 is 0 Å². The van der Waals surface area contributed by atoms with Gasteiger partial charge in [0.2, 0.25) is 5.91 Å². The predicted molar refractivity (Wildman–Crippen MR) is 88.8 cm³/mol. The molecule has 0 fully saturated rings. The molecule has 0 aliphatic rings. The summed E-state index contributed by atoms with van der Waals surface area (Å²) in [6.45, 7) is 5.88. The van der Waals surface area contributed by atoms with Crippen LogP contribution in [0.25, 0.3) is 0 Å². The zero-order chi connectivity index (χ0) is 16.0. The Balaban J connectivity index is 2.60. The van der Waals surface area contributed by atoms with Gasteiger partial charge in [0.25, 0.3) is 0 Å². The number of amides is 1. The summed E-state index contributed by atoms with van der Waals surface area (Å²) in [5.41, 5.74) is 2.20. The van der Waals surface area contributed by atoms with Gasteiger partial charge in [-0.3, -0.25) is 4.79 Å². The second-order valence-electron chi connectivity index (χ2n) is 4.90. The van der Waals surface area contributed by atoms with Gasteiger partial charge in [-0.25, -0.2) is 4.79 Å². The Morgan fingerprint density at radius 3 is 2.57 bits per heavy atom. The third-order valence-electron chi connectivity index (χ3n) is 3.03. The fourth-order valence-electron chi connectivity index (χ4n) is 1.84. The molecule has 0 spiro atoms. The van der Waals surface area contributed by atoms with E-state index in [2.05, 4.69) is 21.2 Å². The molecule has 2 N–H and O–H groups in total. The van der Waals surface area contributed by atoms with Crippen molar-refractivity contribution in [3.05, 3.63) is 27.7 Å². The topological polar surface area (TPSA) is 66.4 Å². The van der Waals surface area contributed by atoms with Crippen LogP contribution in [-0.4, -0.2) is 28.8 Å². The maximum Gasteiger partial charge on any atom is 0.326 e. The molecule has 1 atom stereocenters. The number of rotatable bonds is 7. The summed E-state index contributed by atoms with van der Waals surface area (Å²) in [4.78, 5) is 23.9. The number of thioether (sulfide) groups is 1. The van der Waals surface area contributed by atoms with Crippen LogP contribution in [0.5, 0.6) is 0 Å². The number of nitrogens with one attached hydrogen (secondary N) is 1. The van der Waals surface area contributed by atoms with Crippen LogP contribution in [0.3, 0.4) is 0 Å². The molecule has 0 aromatic heterocycles. The van der Waals surface area contributed by atoms with Crippen molar-refractivity contribution in [2.24, 2.45) is 0 Å². The molecule has 21 heavy (non-hydrogen) atoms. The number of aliphatic carboxylic acids is 1. The Morgan fingerprint density at radius 1 is 1.33 bits per heavy atom. The molecule has 0 unspecified atom stereocenters. The molecule has 1 rings (SSSR count). The van der Waals surface area contributed by atoms with Crippen molar-refractivity contribution in [2.75, 3.05) is 5.75 Å². The summed E-state index contributed by atoms with van der Waals surface area (Å²) < 4.78 is 1.04. The van der Waals surface area contributed by atoms with Gasteiger partial charge in [0, 0.05) is 9.37 Å². The van der Waals surface area contributed by atoms with Crippen LogP contribution >= 0.6 is 27.7 Å². The first kappa shape index (κ1) is 18.0. The lowest BCUT2D eigenvalue weighted by atomic mass is 10.2. The van der Waals surface area contributed by atoms with Crippen molar-refractivity contribution >= 4 is 39.6 Å². The molecular weight excluding hydrogens is 354 g/mol. The highest BCUT2D eigenvalue weighted by Gasteiger charge is 2.18. The molecule has 6 heteroatoms.